The summed E-state index contributed by atoms with van der Waals surface area (Å²) in [6, 6.07) is 3.62. The second kappa shape index (κ2) is 3.18. The molecule has 4 nitrogen and oxygen atoms in total. The van der Waals surface area contributed by atoms with Crippen LogP contribution < -0.4 is 0 Å². The largest absolute Gasteiger partial charge is 0.437 e. The summed E-state index contributed by atoms with van der Waals surface area (Å²) in [6.45, 7) is 0. The molecule has 0 bridgehead atoms. The van der Waals surface area contributed by atoms with Gasteiger partial charge in [0.15, 0.2) is 5.76 Å². The van der Waals surface area contributed by atoms with Crippen molar-refractivity contribution in [3.63, 3.8) is 0 Å². The maximum Gasteiger partial charge on any atom is 0.226 e. The van der Waals surface area contributed by atoms with Crippen molar-refractivity contribution in [1.29, 1.82) is 0 Å². The van der Waals surface area contributed by atoms with E-state index in [2.05, 4.69) is 26.1 Å². The van der Waals surface area contributed by atoms with Gasteiger partial charge in [-0.3, -0.25) is 0 Å². The Labute approximate surface area is 82.0 Å². The summed E-state index contributed by atoms with van der Waals surface area (Å²) in [5.74, 6) is 0.475. The predicted octanol–water partition coefficient (Wildman–Crippen LogP) is 2.40. The van der Waals surface area contributed by atoms with E-state index < -0.39 is 0 Å². The van der Waals surface area contributed by atoms with E-state index in [4.69, 9.17) is 9.62 Å². The van der Waals surface area contributed by atoms with E-state index in [0.717, 1.165) is 9.86 Å². The summed E-state index contributed by atoms with van der Waals surface area (Å²) >= 11 is 3.29. The minimum absolute atomic E-state index is 0.475. The Morgan fingerprint density at radius 2 is 2.38 bits per heavy atom. The van der Waals surface area contributed by atoms with Crippen molar-refractivity contribution in [2.24, 2.45) is 5.16 Å². The summed E-state index contributed by atoms with van der Waals surface area (Å²) in [7, 11) is 0. The Hall–Kier alpha value is -1.36. The van der Waals surface area contributed by atoms with Gasteiger partial charge in [0, 0.05) is 16.1 Å². The summed E-state index contributed by atoms with van der Waals surface area (Å²) in [5.41, 5.74) is 0.526. The smallest absolute Gasteiger partial charge is 0.226 e. The molecule has 0 radical (unpaired) electrons. The molecule has 0 aromatic carbocycles. The number of halogens is 1. The maximum atomic E-state index is 8.28. The zero-order chi connectivity index (χ0) is 9.26. The van der Waals surface area contributed by atoms with Gasteiger partial charge in [0.05, 0.1) is 0 Å². The van der Waals surface area contributed by atoms with E-state index in [1.54, 1.807) is 12.3 Å². The van der Waals surface area contributed by atoms with Crippen molar-refractivity contribution in [3.05, 3.63) is 28.6 Å². The highest BCUT2D eigenvalue weighted by molar-refractivity contribution is 9.10. The molecule has 0 atom stereocenters. The Balaban J connectivity index is 2.62. The molecule has 0 fully saturated rings. The molecule has 0 saturated heterocycles. The van der Waals surface area contributed by atoms with Crippen molar-refractivity contribution in [2.75, 3.05) is 0 Å². The van der Waals surface area contributed by atoms with Crippen LogP contribution in [0.5, 0.6) is 0 Å². The van der Waals surface area contributed by atoms with E-state index in [9.17, 15) is 0 Å². The summed E-state index contributed by atoms with van der Waals surface area (Å²) < 4.78 is 6.10. The Kier molecular flexibility index (Phi) is 2.02. The number of hydrogen-bond acceptors (Lipinski definition) is 4. The Morgan fingerprint density at radius 3 is 3.15 bits per heavy atom. The molecule has 5 heteroatoms. The van der Waals surface area contributed by atoms with E-state index in [1.165, 1.54) is 6.21 Å². The lowest BCUT2D eigenvalue weighted by Crippen LogP contribution is -1.71. The van der Waals surface area contributed by atoms with Crippen LogP contribution in [0.25, 0.3) is 11.1 Å². The van der Waals surface area contributed by atoms with E-state index in [-0.39, 0.29) is 0 Å². The lowest BCUT2D eigenvalue weighted by molar-refractivity contribution is 0.321. The average Bonchev–Trinajstić information content (AvgIpc) is 2.46. The van der Waals surface area contributed by atoms with Crippen LogP contribution in [0.3, 0.4) is 0 Å². The van der Waals surface area contributed by atoms with Crippen LogP contribution in [-0.4, -0.2) is 16.4 Å². The average molecular weight is 241 g/mol. The van der Waals surface area contributed by atoms with E-state index >= 15 is 0 Å². The summed E-state index contributed by atoms with van der Waals surface area (Å²) in [5, 5.41) is 12.0. The van der Waals surface area contributed by atoms with Gasteiger partial charge < -0.3 is 9.62 Å². The van der Waals surface area contributed by atoms with Crippen molar-refractivity contribution in [3.8, 4) is 0 Å². The number of nitrogens with zero attached hydrogens (tertiary/aromatic N) is 2. The fourth-order valence-corrected chi connectivity index (χ4v) is 1.39. The number of aromatic nitrogens is 1. The zero-order valence-electron chi connectivity index (χ0n) is 6.44. The minimum atomic E-state index is 0.475. The highest BCUT2D eigenvalue weighted by Gasteiger charge is 2.02. The van der Waals surface area contributed by atoms with Crippen LogP contribution in [0, 0.1) is 0 Å². The van der Waals surface area contributed by atoms with Gasteiger partial charge in [-0.1, -0.05) is 5.16 Å². The number of oxime groups is 1. The van der Waals surface area contributed by atoms with E-state index in [1.807, 2.05) is 6.07 Å². The Morgan fingerprint density at radius 1 is 1.54 bits per heavy atom. The molecule has 2 aromatic heterocycles. The predicted molar refractivity (Wildman–Crippen MR) is 51.1 cm³/mol. The fraction of sp³-hybridized carbons (Fsp3) is 0. The van der Waals surface area contributed by atoms with Crippen LogP contribution in [0.4, 0.5) is 0 Å². The van der Waals surface area contributed by atoms with Crippen molar-refractivity contribution >= 4 is 33.2 Å². The van der Waals surface area contributed by atoms with E-state index in [0.29, 0.717) is 11.5 Å². The molecular formula is C8H5BrN2O2. The summed E-state index contributed by atoms with van der Waals surface area (Å²) in [6.07, 6.45) is 2.86. The maximum absolute atomic E-state index is 8.28. The molecule has 0 amide bonds. The van der Waals surface area contributed by atoms with Crippen LogP contribution >= 0.6 is 15.9 Å². The second-order valence-corrected chi connectivity index (χ2v) is 3.36. The molecule has 0 unspecified atom stereocenters. The number of rotatable bonds is 1. The quantitative estimate of drug-likeness (QED) is 0.473. The SMILES string of the molecule is ON=Cc1cc2cc(Br)cnc2o1. The third kappa shape index (κ3) is 1.55. The zero-order valence-corrected chi connectivity index (χ0v) is 8.02. The van der Waals surface area contributed by atoms with Gasteiger partial charge in [-0.05, 0) is 28.1 Å². The standard InChI is InChI=1S/C8H5BrN2O2/c9-6-1-5-2-7(4-11-12)13-8(5)10-3-6/h1-4,12H. The topological polar surface area (TPSA) is 58.6 Å². The van der Waals surface area contributed by atoms with Crippen LogP contribution in [0.1, 0.15) is 5.76 Å². The number of furan rings is 1. The second-order valence-electron chi connectivity index (χ2n) is 2.44. The molecule has 66 valence electrons. The van der Waals surface area contributed by atoms with Crippen LogP contribution in [-0.2, 0) is 0 Å². The molecule has 2 rings (SSSR count). The van der Waals surface area contributed by atoms with Gasteiger partial charge in [-0.2, -0.15) is 0 Å². The highest BCUT2D eigenvalue weighted by Crippen LogP contribution is 2.19. The van der Waals surface area contributed by atoms with Gasteiger partial charge in [0.1, 0.15) is 6.21 Å². The Bertz CT molecular complexity index is 464. The number of hydrogen-bond donors (Lipinski definition) is 1. The van der Waals surface area contributed by atoms with Gasteiger partial charge in [0.25, 0.3) is 0 Å². The number of pyridine rings is 1. The summed E-state index contributed by atoms with van der Waals surface area (Å²) in [4.78, 5) is 4.03. The molecule has 2 aromatic rings. The van der Waals surface area contributed by atoms with Crippen LogP contribution in [0.15, 0.2) is 32.4 Å². The lowest BCUT2D eigenvalue weighted by atomic mass is 10.3. The van der Waals surface area contributed by atoms with Gasteiger partial charge >= 0.3 is 0 Å². The van der Waals surface area contributed by atoms with Gasteiger partial charge in [-0.15, -0.1) is 0 Å². The molecule has 0 aliphatic carbocycles. The first kappa shape index (κ1) is 8.25. The molecule has 0 aliphatic heterocycles. The molecule has 0 saturated carbocycles. The number of fused-ring (bicyclic) bond motifs is 1. The van der Waals surface area contributed by atoms with Crippen molar-refractivity contribution in [2.45, 2.75) is 0 Å². The molecule has 13 heavy (non-hydrogen) atoms. The molecule has 0 spiro atoms. The fourth-order valence-electron chi connectivity index (χ4n) is 1.05. The van der Waals surface area contributed by atoms with Crippen molar-refractivity contribution < 1.29 is 9.62 Å². The lowest BCUT2D eigenvalue weighted by Gasteiger charge is -1.86. The first-order valence-electron chi connectivity index (χ1n) is 3.52. The molecule has 0 aliphatic rings. The third-order valence-corrected chi connectivity index (χ3v) is 1.98. The first-order valence-corrected chi connectivity index (χ1v) is 4.31. The third-order valence-electron chi connectivity index (χ3n) is 1.54. The normalized spacial score (nSPS) is 11.5. The van der Waals surface area contributed by atoms with Crippen molar-refractivity contribution in [1.82, 2.24) is 4.98 Å². The van der Waals surface area contributed by atoms with Gasteiger partial charge in [-0.25, -0.2) is 4.98 Å². The molecule has 1 N–H and O–H groups in total. The van der Waals surface area contributed by atoms with Crippen LogP contribution in [0.2, 0.25) is 0 Å². The highest BCUT2D eigenvalue weighted by atomic mass is 79.9. The minimum Gasteiger partial charge on any atom is -0.437 e. The first-order chi connectivity index (χ1) is 6.29. The van der Waals surface area contributed by atoms with Gasteiger partial charge in [0.2, 0.25) is 5.71 Å². The molecular weight excluding hydrogens is 236 g/mol. The molecule has 2 heterocycles. The monoisotopic (exact) mass is 240 g/mol.